The number of hydrogen-bond donors (Lipinski definition) is 1. The van der Waals surface area contributed by atoms with Crippen LogP contribution in [0.15, 0.2) is 36.4 Å². The third kappa shape index (κ3) is 5.10. The fraction of sp³-hybridized carbons (Fsp3) is 0.333. The molecule has 1 aliphatic heterocycles. The summed E-state index contributed by atoms with van der Waals surface area (Å²) in [4.78, 5) is 24.6. The first-order valence-corrected chi connectivity index (χ1v) is 9.11. The lowest BCUT2D eigenvalue weighted by Crippen LogP contribution is -2.30. The molecule has 2 aromatic rings. The topological polar surface area (TPSA) is 92.3 Å². The summed E-state index contributed by atoms with van der Waals surface area (Å²) < 4.78 is 26.6. The van der Waals surface area contributed by atoms with Crippen LogP contribution in [0.25, 0.3) is 0 Å². The molecular formula is C21H23NO7. The molecule has 0 saturated carbocycles. The molecule has 3 rings (SSSR count). The predicted molar refractivity (Wildman–Crippen MR) is 105 cm³/mol. The molecule has 0 saturated heterocycles. The summed E-state index contributed by atoms with van der Waals surface area (Å²) in [7, 11) is 3.03. The number of fused-ring (bicyclic) bond motifs is 1. The van der Waals surface area contributed by atoms with Crippen molar-refractivity contribution in [1.29, 1.82) is 0 Å². The molecule has 1 aliphatic rings. The fourth-order valence-electron chi connectivity index (χ4n) is 2.81. The van der Waals surface area contributed by atoms with Gasteiger partial charge in [-0.1, -0.05) is 6.07 Å². The molecule has 2 aromatic carbocycles. The average molecular weight is 401 g/mol. The van der Waals surface area contributed by atoms with Gasteiger partial charge in [0.15, 0.2) is 29.1 Å². The molecule has 1 amide bonds. The van der Waals surface area contributed by atoms with Gasteiger partial charge in [0, 0.05) is 11.8 Å². The number of esters is 1. The molecule has 29 heavy (non-hydrogen) atoms. The van der Waals surface area contributed by atoms with Crippen LogP contribution in [0.4, 0.5) is 5.69 Å². The molecular weight excluding hydrogens is 378 g/mol. The number of ether oxygens (including phenoxy) is 5. The quantitative estimate of drug-likeness (QED) is 0.713. The van der Waals surface area contributed by atoms with Gasteiger partial charge in [-0.15, -0.1) is 0 Å². The summed E-state index contributed by atoms with van der Waals surface area (Å²) >= 11 is 0. The fourth-order valence-corrected chi connectivity index (χ4v) is 2.81. The molecule has 0 aromatic heterocycles. The highest BCUT2D eigenvalue weighted by Crippen LogP contribution is 2.31. The third-order valence-electron chi connectivity index (χ3n) is 4.28. The Morgan fingerprint density at radius 3 is 2.45 bits per heavy atom. The van der Waals surface area contributed by atoms with E-state index >= 15 is 0 Å². The number of rotatable bonds is 7. The molecule has 0 spiro atoms. The van der Waals surface area contributed by atoms with Gasteiger partial charge in [0.05, 0.1) is 20.6 Å². The minimum atomic E-state index is -0.965. The van der Waals surface area contributed by atoms with Gasteiger partial charge in [-0.3, -0.25) is 9.59 Å². The lowest BCUT2D eigenvalue weighted by atomic mass is 10.1. The van der Waals surface area contributed by atoms with Gasteiger partial charge < -0.3 is 29.0 Å². The number of carbonyl (C=O) groups is 2. The molecule has 154 valence electrons. The number of benzene rings is 2. The Kier molecular flexibility index (Phi) is 6.43. The normalized spacial score (nSPS) is 13.2. The number of amides is 1. The van der Waals surface area contributed by atoms with Crippen LogP contribution in [0, 0.1) is 0 Å². The average Bonchev–Trinajstić information content (AvgIpc) is 2.73. The van der Waals surface area contributed by atoms with E-state index in [1.54, 1.807) is 36.4 Å². The first-order chi connectivity index (χ1) is 14.0. The Morgan fingerprint density at radius 2 is 1.72 bits per heavy atom. The van der Waals surface area contributed by atoms with E-state index < -0.39 is 18.0 Å². The summed E-state index contributed by atoms with van der Waals surface area (Å²) in [5, 5.41) is 2.69. The molecule has 0 fully saturated rings. The Bertz CT molecular complexity index is 897. The Hall–Kier alpha value is -3.42. The maximum atomic E-state index is 12.3. The lowest BCUT2D eigenvalue weighted by molar-refractivity contribution is -0.152. The maximum absolute atomic E-state index is 12.3. The standard InChI is InChI=1S/C21H23NO7/c1-13(21(24)22-15-5-7-16(25-2)18(12-15)26-3)29-20(23)11-14-4-6-17-19(10-14)28-9-8-27-17/h4-7,10,12-13H,8-9,11H2,1-3H3,(H,22,24)/t13-/m0/s1. The Labute approximate surface area is 168 Å². The zero-order valence-electron chi connectivity index (χ0n) is 16.5. The zero-order valence-corrected chi connectivity index (χ0v) is 16.5. The highest BCUT2D eigenvalue weighted by Gasteiger charge is 2.20. The molecule has 1 heterocycles. The molecule has 1 N–H and O–H groups in total. The largest absolute Gasteiger partial charge is 0.493 e. The van der Waals surface area contributed by atoms with E-state index in [9.17, 15) is 9.59 Å². The monoisotopic (exact) mass is 401 g/mol. The molecule has 1 atom stereocenters. The smallest absolute Gasteiger partial charge is 0.311 e. The van der Waals surface area contributed by atoms with Crippen molar-refractivity contribution in [2.24, 2.45) is 0 Å². The molecule has 0 unspecified atom stereocenters. The highest BCUT2D eigenvalue weighted by atomic mass is 16.6. The zero-order chi connectivity index (χ0) is 20.8. The minimum Gasteiger partial charge on any atom is -0.493 e. The van der Waals surface area contributed by atoms with Crippen LogP contribution in [0.1, 0.15) is 12.5 Å². The number of anilines is 1. The molecule has 0 bridgehead atoms. The highest BCUT2D eigenvalue weighted by molar-refractivity contribution is 5.95. The summed E-state index contributed by atoms with van der Waals surface area (Å²) in [6.07, 6.45) is -0.947. The van der Waals surface area contributed by atoms with Gasteiger partial charge in [-0.25, -0.2) is 0 Å². The van der Waals surface area contributed by atoms with Crippen molar-refractivity contribution in [2.45, 2.75) is 19.4 Å². The summed E-state index contributed by atoms with van der Waals surface area (Å²) in [6.45, 7) is 2.48. The van der Waals surface area contributed by atoms with Crippen molar-refractivity contribution in [3.63, 3.8) is 0 Å². The van der Waals surface area contributed by atoms with Crippen LogP contribution in [-0.4, -0.2) is 45.4 Å². The van der Waals surface area contributed by atoms with Crippen molar-refractivity contribution in [2.75, 3.05) is 32.8 Å². The van der Waals surface area contributed by atoms with Gasteiger partial charge in [-0.2, -0.15) is 0 Å². The first kappa shape index (κ1) is 20.3. The number of methoxy groups -OCH3 is 2. The number of nitrogens with one attached hydrogen (secondary N) is 1. The Morgan fingerprint density at radius 1 is 1.00 bits per heavy atom. The van der Waals surface area contributed by atoms with Crippen molar-refractivity contribution in [3.8, 4) is 23.0 Å². The van der Waals surface area contributed by atoms with Crippen LogP contribution in [-0.2, 0) is 20.7 Å². The minimum absolute atomic E-state index is 0.0185. The van der Waals surface area contributed by atoms with E-state index in [-0.39, 0.29) is 6.42 Å². The third-order valence-corrected chi connectivity index (χ3v) is 4.28. The SMILES string of the molecule is COc1ccc(NC(=O)[C@H](C)OC(=O)Cc2ccc3c(c2)OCCO3)cc1OC. The Balaban J connectivity index is 1.56. The van der Waals surface area contributed by atoms with E-state index in [1.165, 1.54) is 21.1 Å². The second kappa shape index (κ2) is 9.18. The van der Waals surface area contributed by atoms with Crippen LogP contribution in [0.5, 0.6) is 23.0 Å². The van der Waals surface area contributed by atoms with Crippen LogP contribution in [0.2, 0.25) is 0 Å². The van der Waals surface area contributed by atoms with Gasteiger partial charge in [-0.05, 0) is 36.8 Å². The summed E-state index contributed by atoms with van der Waals surface area (Å²) in [6, 6.07) is 10.2. The van der Waals surface area contributed by atoms with E-state index in [0.717, 1.165) is 0 Å². The van der Waals surface area contributed by atoms with Crippen molar-refractivity contribution < 1.29 is 33.3 Å². The number of hydrogen-bond acceptors (Lipinski definition) is 7. The van der Waals surface area contributed by atoms with Gasteiger partial charge >= 0.3 is 5.97 Å². The van der Waals surface area contributed by atoms with Crippen LogP contribution < -0.4 is 24.3 Å². The van der Waals surface area contributed by atoms with Crippen LogP contribution >= 0.6 is 0 Å². The van der Waals surface area contributed by atoms with E-state index in [0.29, 0.717) is 47.5 Å². The first-order valence-electron chi connectivity index (χ1n) is 9.11. The summed E-state index contributed by atoms with van der Waals surface area (Å²) in [5.41, 5.74) is 1.22. The van der Waals surface area contributed by atoms with Crippen molar-refractivity contribution in [1.82, 2.24) is 0 Å². The molecule has 8 nitrogen and oxygen atoms in total. The van der Waals surface area contributed by atoms with E-state index in [1.807, 2.05) is 0 Å². The van der Waals surface area contributed by atoms with E-state index in [2.05, 4.69) is 5.32 Å². The second-order valence-electron chi connectivity index (χ2n) is 6.35. The number of carbonyl (C=O) groups excluding carboxylic acids is 2. The summed E-state index contributed by atoms with van der Waals surface area (Å²) in [5.74, 6) is 1.30. The molecule has 0 aliphatic carbocycles. The molecule has 0 radical (unpaired) electrons. The maximum Gasteiger partial charge on any atom is 0.311 e. The van der Waals surface area contributed by atoms with Crippen LogP contribution in [0.3, 0.4) is 0 Å². The van der Waals surface area contributed by atoms with Gasteiger partial charge in [0.25, 0.3) is 5.91 Å². The van der Waals surface area contributed by atoms with Crippen molar-refractivity contribution in [3.05, 3.63) is 42.0 Å². The lowest BCUT2D eigenvalue weighted by Gasteiger charge is -2.19. The van der Waals surface area contributed by atoms with Gasteiger partial charge in [0.1, 0.15) is 13.2 Å². The van der Waals surface area contributed by atoms with E-state index in [4.69, 9.17) is 23.7 Å². The second-order valence-corrected chi connectivity index (χ2v) is 6.35. The predicted octanol–water partition coefficient (Wildman–Crippen LogP) is 2.59. The molecule has 8 heteroatoms. The van der Waals surface area contributed by atoms with Crippen molar-refractivity contribution >= 4 is 17.6 Å². The van der Waals surface area contributed by atoms with Gasteiger partial charge in [0.2, 0.25) is 0 Å².